The fraction of sp³-hybridized carbons (Fsp3) is 0.353. The van der Waals surface area contributed by atoms with Crippen molar-refractivity contribution in [3.63, 3.8) is 0 Å². The van der Waals surface area contributed by atoms with E-state index < -0.39 is 0 Å². The Hall–Kier alpha value is -1.81. The lowest BCUT2D eigenvalue weighted by molar-refractivity contribution is -0.117. The van der Waals surface area contributed by atoms with E-state index in [-0.39, 0.29) is 11.9 Å². The van der Waals surface area contributed by atoms with Gasteiger partial charge < -0.3 is 9.73 Å². The summed E-state index contributed by atoms with van der Waals surface area (Å²) in [5, 5.41) is 5.24. The van der Waals surface area contributed by atoms with E-state index in [1.807, 2.05) is 18.2 Å². The van der Waals surface area contributed by atoms with Gasteiger partial charge in [-0.15, -0.1) is 11.3 Å². The third-order valence-electron chi connectivity index (χ3n) is 3.96. The van der Waals surface area contributed by atoms with Crippen molar-refractivity contribution in [3.05, 3.63) is 52.6 Å². The second-order valence-corrected chi connectivity index (χ2v) is 6.37. The molecular formula is C17H19NO2S. The Balaban J connectivity index is 1.67. The van der Waals surface area contributed by atoms with Crippen LogP contribution in [0.5, 0.6) is 0 Å². The molecule has 1 unspecified atom stereocenters. The summed E-state index contributed by atoms with van der Waals surface area (Å²) >= 11 is 1.72. The van der Waals surface area contributed by atoms with Gasteiger partial charge in [-0.3, -0.25) is 4.79 Å². The highest BCUT2D eigenvalue weighted by molar-refractivity contribution is 7.10. The van der Waals surface area contributed by atoms with Gasteiger partial charge in [0.1, 0.15) is 5.76 Å². The molecule has 1 atom stereocenters. The first kappa shape index (κ1) is 14.1. The number of amides is 1. The minimum absolute atomic E-state index is 0.0586. The molecule has 1 aliphatic carbocycles. The second-order valence-electron chi connectivity index (χ2n) is 5.39. The predicted octanol–water partition coefficient (Wildman–Crippen LogP) is 4.40. The van der Waals surface area contributed by atoms with Crippen molar-refractivity contribution >= 4 is 23.3 Å². The molecule has 2 aromatic rings. The standard InChI is InChI=1S/C17H19NO2S/c19-16(10-9-14-7-3-11-20-14)18-17(13-5-1-2-6-13)15-8-4-12-21-15/h3-4,7-13,17H,1-2,5-6H2,(H,18,19). The zero-order valence-electron chi connectivity index (χ0n) is 11.8. The lowest BCUT2D eigenvalue weighted by atomic mass is 9.96. The van der Waals surface area contributed by atoms with E-state index in [0.29, 0.717) is 11.7 Å². The van der Waals surface area contributed by atoms with Crippen LogP contribution in [0, 0.1) is 5.92 Å². The summed E-state index contributed by atoms with van der Waals surface area (Å²) in [5.74, 6) is 1.19. The van der Waals surface area contributed by atoms with Crippen molar-refractivity contribution in [2.45, 2.75) is 31.7 Å². The van der Waals surface area contributed by atoms with Crippen LogP contribution in [0.15, 0.2) is 46.4 Å². The monoisotopic (exact) mass is 301 g/mol. The fourth-order valence-corrected chi connectivity index (χ4v) is 3.79. The highest BCUT2D eigenvalue weighted by Crippen LogP contribution is 2.37. The number of furan rings is 1. The van der Waals surface area contributed by atoms with Gasteiger partial charge in [0.15, 0.2) is 0 Å². The number of carbonyl (C=O) groups excluding carboxylic acids is 1. The molecule has 110 valence electrons. The van der Waals surface area contributed by atoms with Crippen molar-refractivity contribution in [2.24, 2.45) is 5.92 Å². The van der Waals surface area contributed by atoms with Gasteiger partial charge in [0.2, 0.25) is 5.91 Å². The zero-order chi connectivity index (χ0) is 14.5. The van der Waals surface area contributed by atoms with E-state index in [9.17, 15) is 4.79 Å². The van der Waals surface area contributed by atoms with E-state index in [1.54, 1.807) is 29.8 Å². The van der Waals surface area contributed by atoms with Crippen LogP contribution in [0.25, 0.3) is 6.08 Å². The maximum Gasteiger partial charge on any atom is 0.244 e. The van der Waals surface area contributed by atoms with Crippen molar-refractivity contribution in [1.82, 2.24) is 5.32 Å². The van der Waals surface area contributed by atoms with E-state index in [2.05, 4.69) is 16.8 Å². The van der Waals surface area contributed by atoms with Crippen LogP contribution in [0.2, 0.25) is 0 Å². The molecule has 0 bridgehead atoms. The third kappa shape index (κ3) is 3.64. The SMILES string of the molecule is O=C(C=Cc1ccco1)NC(c1cccs1)C1CCCC1. The minimum Gasteiger partial charge on any atom is -0.465 e. The molecule has 4 heteroatoms. The number of hydrogen-bond acceptors (Lipinski definition) is 3. The number of carbonyl (C=O) groups is 1. The summed E-state index contributed by atoms with van der Waals surface area (Å²) in [6.45, 7) is 0. The summed E-state index contributed by atoms with van der Waals surface area (Å²) in [6, 6.07) is 7.94. The number of hydrogen-bond donors (Lipinski definition) is 1. The molecule has 1 N–H and O–H groups in total. The van der Waals surface area contributed by atoms with E-state index in [0.717, 1.165) is 0 Å². The lowest BCUT2D eigenvalue weighted by Gasteiger charge is -2.23. The minimum atomic E-state index is -0.0586. The van der Waals surface area contributed by atoms with Gasteiger partial charge in [-0.05, 0) is 48.4 Å². The molecule has 1 saturated carbocycles. The van der Waals surface area contributed by atoms with Crippen molar-refractivity contribution in [3.8, 4) is 0 Å². The van der Waals surface area contributed by atoms with Gasteiger partial charge in [0.25, 0.3) is 0 Å². The van der Waals surface area contributed by atoms with Crippen LogP contribution in [0.4, 0.5) is 0 Å². The van der Waals surface area contributed by atoms with Gasteiger partial charge in [-0.25, -0.2) is 0 Å². The van der Waals surface area contributed by atoms with Gasteiger partial charge >= 0.3 is 0 Å². The molecule has 1 amide bonds. The van der Waals surface area contributed by atoms with E-state index in [1.165, 1.54) is 30.6 Å². The van der Waals surface area contributed by atoms with Gasteiger partial charge in [0, 0.05) is 11.0 Å². The molecule has 0 saturated heterocycles. The summed E-state index contributed by atoms with van der Waals surface area (Å²) in [4.78, 5) is 13.4. The Morgan fingerprint density at radius 1 is 1.33 bits per heavy atom. The molecule has 1 aliphatic rings. The Morgan fingerprint density at radius 2 is 2.19 bits per heavy atom. The van der Waals surface area contributed by atoms with E-state index >= 15 is 0 Å². The molecule has 0 spiro atoms. The average Bonchev–Trinajstić information content (AvgIpc) is 3.26. The molecule has 0 radical (unpaired) electrons. The van der Waals surface area contributed by atoms with E-state index in [4.69, 9.17) is 4.42 Å². The number of rotatable bonds is 5. The van der Waals surface area contributed by atoms with Crippen LogP contribution in [0.1, 0.15) is 42.4 Å². The molecular weight excluding hydrogens is 282 g/mol. The summed E-state index contributed by atoms with van der Waals surface area (Å²) in [7, 11) is 0. The Labute approximate surface area is 128 Å². The maximum absolute atomic E-state index is 12.2. The first-order valence-corrected chi connectivity index (χ1v) is 8.26. The van der Waals surface area contributed by atoms with Crippen molar-refractivity contribution in [2.75, 3.05) is 0 Å². The smallest absolute Gasteiger partial charge is 0.244 e. The molecule has 3 nitrogen and oxygen atoms in total. The molecule has 0 aromatic carbocycles. The largest absolute Gasteiger partial charge is 0.465 e. The van der Waals surface area contributed by atoms with Crippen LogP contribution in [-0.2, 0) is 4.79 Å². The van der Waals surface area contributed by atoms with Gasteiger partial charge in [-0.2, -0.15) is 0 Å². The molecule has 2 aromatic heterocycles. The topological polar surface area (TPSA) is 42.2 Å². The highest BCUT2D eigenvalue weighted by atomic mass is 32.1. The predicted molar refractivity (Wildman–Crippen MR) is 84.9 cm³/mol. The molecule has 3 rings (SSSR count). The Kier molecular flexibility index (Phi) is 4.55. The van der Waals surface area contributed by atoms with Crippen LogP contribution in [-0.4, -0.2) is 5.91 Å². The summed E-state index contributed by atoms with van der Waals surface area (Å²) < 4.78 is 5.20. The summed E-state index contributed by atoms with van der Waals surface area (Å²) in [6.07, 6.45) is 9.79. The van der Waals surface area contributed by atoms with Crippen LogP contribution < -0.4 is 5.32 Å². The number of nitrogens with one attached hydrogen (secondary N) is 1. The highest BCUT2D eigenvalue weighted by Gasteiger charge is 2.27. The van der Waals surface area contributed by atoms with Gasteiger partial charge in [0.05, 0.1) is 12.3 Å². The van der Waals surface area contributed by atoms with Crippen LogP contribution in [0.3, 0.4) is 0 Å². The molecule has 21 heavy (non-hydrogen) atoms. The van der Waals surface area contributed by atoms with Gasteiger partial charge in [-0.1, -0.05) is 18.9 Å². The molecule has 0 aliphatic heterocycles. The first-order chi connectivity index (χ1) is 10.3. The Bertz CT molecular complexity index is 580. The van der Waals surface area contributed by atoms with Crippen molar-refractivity contribution in [1.29, 1.82) is 0 Å². The third-order valence-corrected chi connectivity index (χ3v) is 4.92. The Morgan fingerprint density at radius 3 is 2.86 bits per heavy atom. The molecule has 2 heterocycles. The van der Waals surface area contributed by atoms with Crippen molar-refractivity contribution < 1.29 is 9.21 Å². The summed E-state index contributed by atoms with van der Waals surface area (Å²) in [5.41, 5.74) is 0. The fourth-order valence-electron chi connectivity index (χ4n) is 2.93. The lowest BCUT2D eigenvalue weighted by Crippen LogP contribution is -2.30. The normalized spacial score (nSPS) is 17.3. The average molecular weight is 301 g/mol. The quantitative estimate of drug-likeness (QED) is 0.832. The first-order valence-electron chi connectivity index (χ1n) is 7.38. The zero-order valence-corrected chi connectivity index (χ0v) is 12.6. The maximum atomic E-state index is 12.2. The van der Waals surface area contributed by atoms with Crippen LogP contribution >= 0.6 is 11.3 Å². The number of thiophene rings is 1. The molecule has 1 fully saturated rings. The second kappa shape index (κ2) is 6.76.